The molecule has 0 bridgehead atoms. The minimum Gasteiger partial charge on any atom is -0.481 e. The van der Waals surface area contributed by atoms with Crippen molar-refractivity contribution in [2.45, 2.75) is 19.3 Å². The number of hydrogen-bond acceptors (Lipinski definition) is 2. The van der Waals surface area contributed by atoms with Crippen LogP contribution in [0.2, 0.25) is 0 Å². The first-order chi connectivity index (χ1) is 8.61. The molecule has 0 amide bonds. The highest BCUT2D eigenvalue weighted by Crippen LogP contribution is 2.09. The molecule has 0 heterocycles. The molecule has 1 aromatic carbocycles. The monoisotopic (exact) mass is 246 g/mol. The lowest BCUT2D eigenvalue weighted by Crippen LogP contribution is -2.23. The summed E-state index contributed by atoms with van der Waals surface area (Å²) in [6, 6.07) is 9.42. The minimum absolute atomic E-state index is 0.105. The predicted molar refractivity (Wildman–Crippen MR) is 65.9 cm³/mol. The van der Waals surface area contributed by atoms with Crippen molar-refractivity contribution in [2.75, 3.05) is 0 Å². The molecular weight excluding hydrogens is 232 g/mol. The van der Waals surface area contributed by atoms with Gasteiger partial charge in [0.05, 0.1) is 0 Å². The maximum atomic E-state index is 10.6. The van der Waals surface area contributed by atoms with E-state index in [1.54, 1.807) is 0 Å². The van der Waals surface area contributed by atoms with E-state index in [1.165, 1.54) is 0 Å². The third-order valence-electron chi connectivity index (χ3n) is 2.40. The van der Waals surface area contributed by atoms with Gasteiger partial charge in [-0.3, -0.25) is 9.59 Å². The molecule has 4 nitrogen and oxygen atoms in total. The first-order valence-electron chi connectivity index (χ1n) is 5.61. The van der Waals surface area contributed by atoms with Gasteiger partial charge < -0.3 is 10.2 Å². The van der Waals surface area contributed by atoms with Crippen molar-refractivity contribution in [1.82, 2.24) is 0 Å². The van der Waals surface area contributed by atoms with E-state index < -0.39 is 17.9 Å². The summed E-state index contributed by atoms with van der Waals surface area (Å²) in [5, 5.41) is 17.3. The standard InChI is InChI=1S/C14H14O4/c15-13(16)12(14(17)18)10-6-2-5-9-11-7-3-1-4-8-11/h1,3-4,7-8,12H,2,6,10H2,(H,15,16)(H,17,18). The third kappa shape index (κ3) is 4.71. The van der Waals surface area contributed by atoms with E-state index in [0.29, 0.717) is 12.8 Å². The molecule has 0 saturated heterocycles. The summed E-state index contributed by atoms with van der Waals surface area (Å²) in [5.74, 6) is 1.91. The minimum atomic E-state index is -1.33. The highest BCUT2D eigenvalue weighted by atomic mass is 16.4. The van der Waals surface area contributed by atoms with Gasteiger partial charge in [-0.25, -0.2) is 0 Å². The van der Waals surface area contributed by atoms with Crippen LogP contribution in [-0.4, -0.2) is 22.2 Å². The molecule has 94 valence electrons. The molecule has 4 heteroatoms. The van der Waals surface area contributed by atoms with E-state index in [-0.39, 0.29) is 6.42 Å². The lowest BCUT2D eigenvalue weighted by molar-refractivity contribution is -0.154. The molecule has 0 aromatic heterocycles. The summed E-state index contributed by atoms with van der Waals surface area (Å²) in [4.78, 5) is 21.2. The van der Waals surface area contributed by atoms with Gasteiger partial charge in [0.25, 0.3) is 0 Å². The quantitative estimate of drug-likeness (QED) is 0.473. The van der Waals surface area contributed by atoms with Crippen LogP contribution in [0.15, 0.2) is 30.3 Å². The molecule has 0 fully saturated rings. The van der Waals surface area contributed by atoms with Gasteiger partial charge in [0.1, 0.15) is 0 Å². The van der Waals surface area contributed by atoms with Crippen molar-refractivity contribution in [3.63, 3.8) is 0 Å². The van der Waals surface area contributed by atoms with E-state index in [1.807, 2.05) is 30.3 Å². The molecule has 0 saturated carbocycles. The van der Waals surface area contributed by atoms with Crippen molar-refractivity contribution in [1.29, 1.82) is 0 Å². The van der Waals surface area contributed by atoms with E-state index in [9.17, 15) is 9.59 Å². The number of rotatable bonds is 5. The van der Waals surface area contributed by atoms with Crippen LogP contribution in [-0.2, 0) is 9.59 Å². The second-order valence-corrected chi connectivity index (χ2v) is 3.79. The molecule has 2 N–H and O–H groups in total. The molecule has 0 aliphatic rings. The number of carboxylic acid groups (broad SMARTS) is 2. The average Bonchev–Trinajstić information content (AvgIpc) is 2.34. The Bertz CT molecular complexity index is 454. The van der Waals surface area contributed by atoms with Crippen LogP contribution in [0.4, 0.5) is 0 Å². The van der Waals surface area contributed by atoms with E-state index in [0.717, 1.165) is 5.56 Å². The van der Waals surface area contributed by atoms with Crippen LogP contribution in [0.3, 0.4) is 0 Å². The predicted octanol–water partition coefficient (Wildman–Crippen LogP) is 1.99. The van der Waals surface area contributed by atoms with Crippen LogP contribution in [0.25, 0.3) is 0 Å². The van der Waals surface area contributed by atoms with Crippen LogP contribution < -0.4 is 0 Å². The zero-order valence-corrected chi connectivity index (χ0v) is 9.80. The number of aliphatic carboxylic acids is 2. The lowest BCUT2D eigenvalue weighted by Gasteiger charge is -2.04. The highest BCUT2D eigenvalue weighted by Gasteiger charge is 2.24. The summed E-state index contributed by atoms with van der Waals surface area (Å²) in [7, 11) is 0. The Balaban J connectivity index is 2.37. The summed E-state index contributed by atoms with van der Waals surface area (Å²) < 4.78 is 0. The Labute approximate surface area is 105 Å². The largest absolute Gasteiger partial charge is 0.481 e. The second kappa shape index (κ2) is 7.13. The zero-order chi connectivity index (χ0) is 13.4. The van der Waals surface area contributed by atoms with Crippen molar-refractivity contribution >= 4 is 11.9 Å². The molecule has 0 atom stereocenters. The Hall–Kier alpha value is -2.28. The molecule has 0 aliphatic heterocycles. The summed E-state index contributed by atoms with van der Waals surface area (Å²) in [6.45, 7) is 0. The summed E-state index contributed by atoms with van der Waals surface area (Å²) in [6.07, 6.45) is 1.06. The normalized spacial score (nSPS) is 9.61. The first-order valence-corrected chi connectivity index (χ1v) is 5.61. The third-order valence-corrected chi connectivity index (χ3v) is 2.40. The Morgan fingerprint density at radius 3 is 2.28 bits per heavy atom. The molecule has 0 unspecified atom stereocenters. The van der Waals surface area contributed by atoms with Gasteiger partial charge in [-0.2, -0.15) is 0 Å². The smallest absolute Gasteiger partial charge is 0.317 e. The van der Waals surface area contributed by atoms with Crippen LogP contribution in [0, 0.1) is 17.8 Å². The maximum Gasteiger partial charge on any atom is 0.317 e. The molecule has 18 heavy (non-hydrogen) atoms. The number of benzene rings is 1. The highest BCUT2D eigenvalue weighted by molar-refractivity contribution is 5.92. The fraction of sp³-hybridized carbons (Fsp3) is 0.286. The van der Waals surface area contributed by atoms with Gasteiger partial charge in [-0.15, -0.1) is 0 Å². The van der Waals surface area contributed by atoms with Crippen molar-refractivity contribution in [3.05, 3.63) is 35.9 Å². The van der Waals surface area contributed by atoms with Gasteiger partial charge in [-0.05, 0) is 25.0 Å². The van der Waals surface area contributed by atoms with Crippen LogP contribution in [0.5, 0.6) is 0 Å². The van der Waals surface area contributed by atoms with Crippen LogP contribution in [0.1, 0.15) is 24.8 Å². The Morgan fingerprint density at radius 2 is 1.72 bits per heavy atom. The van der Waals surface area contributed by atoms with Crippen LogP contribution >= 0.6 is 0 Å². The van der Waals surface area contributed by atoms with Gasteiger partial charge >= 0.3 is 11.9 Å². The van der Waals surface area contributed by atoms with Gasteiger partial charge in [0.2, 0.25) is 0 Å². The fourth-order valence-corrected chi connectivity index (χ4v) is 1.43. The van der Waals surface area contributed by atoms with Crippen molar-refractivity contribution in [2.24, 2.45) is 5.92 Å². The Kier molecular flexibility index (Phi) is 5.46. The summed E-state index contributed by atoms with van der Waals surface area (Å²) >= 11 is 0. The summed E-state index contributed by atoms with van der Waals surface area (Å²) in [5.41, 5.74) is 0.894. The zero-order valence-electron chi connectivity index (χ0n) is 9.80. The lowest BCUT2D eigenvalue weighted by atomic mass is 10.0. The molecule has 0 aliphatic carbocycles. The molecular formula is C14H14O4. The SMILES string of the molecule is O=C(O)C(CCCC#Cc1ccccc1)C(=O)O. The second-order valence-electron chi connectivity index (χ2n) is 3.79. The average molecular weight is 246 g/mol. The fourth-order valence-electron chi connectivity index (χ4n) is 1.43. The van der Waals surface area contributed by atoms with E-state index in [4.69, 9.17) is 10.2 Å². The van der Waals surface area contributed by atoms with Crippen molar-refractivity contribution < 1.29 is 19.8 Å². The Morgan fingerprint density at radius 1 is 1.11 bits per heavy atom. The first kappa shape index (κ1) is 13.8. The molecule has 0 radical (unpaired) electrons. The number of unbranched alkanes of at least 4 members (excludes halogenated alkanes) is 1. The molecule has 1 rings (SSSR count). The van der Waals surface area contributed by atoms with E-state index in [2.05, 4.69) is 11.8 Å². The van der Waals surface area contributed by atoms with Crippen molar-refractivity contribution in [3.8, 4) is 11.8 Å². The molecule has 1 aromatic rings. The number of carbonyl (C=O) groups is 2. The van der Waals surface area contributed by atoms with Gasteiger partial charge in [-0.1, -0.05) is 30.0 Å². The topological polar surface area (TPSA) is 74.6 Å². The number of hydrogen-bond donors (Lipinski definition) is 2. The van der Waals surface area contributed by atoms with Gasteiger partial charge in [0.15, 0.2) is 5.92 Å². The van der Waals surface area contributed by atoms with Gasteiger partial charge in [0, 0.05) is 12.0 Å². The van der Waals surface area contributed by atoms with E-state index >= 15 is 0 Å². The molecule has 0 spiro atoms. The number of carboxylic acids is 2. The maximum absolute atomic E-state index is 10.6.